The van der Waals surface area contributed by atoms with Crippen molar-refractivity contribution >= 4 is 5.97 Å². The molecule has 1 fully saturated rings. The molecule has 1 aromatic carbocycles. The van der Waals surface area contributed by atoms with Crippen LogP contribution in [0.1, 0.15) is 25.3 Å². The maximum atomic E-state index is 10.8. The Balaban J connectivity index is 2.12. The van der Waals surface area contributed by atoms with Gasteiger partial charge in [-0.2, -0.15) is 0 Å². The van der Waals surface area contributed by atoms with E-state index in [2.05, 4.69) is 17.4 Å². The highest BCUT2D eigenvalue weighted by atomic mass is 16.4. The van der Waals surface area contributed by atoms with E-state index in [1.165, 1.54) is 5.56 Å². The average Bonchev–Trinajstić information content (AvgIpc) is 3.00. The Morgan fingerprint density at radius 2 is 2.00 bits per heavy atom. The van der Waals surface area contributed by atoms with E-state index in [4.69, 9.17) is 5.11 Å². The van der Waals surface area contributed by atoms with Gasteiger partial charge in [0.15, 0.2) is 0 Å². The Kier molecular flexibility index (Phi) is 2.49. The number of hydrogen-bond donors (Lipinski definition) is 2. The molecule has 1 saturated carbocycles. The molecule has 0 aromatic heterocycles. The molecule has 0 heterocycles. The molecule has 0 bridgehead atoms. The first kappa shape index (κ1) is 10.2. The van der Waals surface area contributed by atoms with Crippen LogP contribution in [0, 0.1) is 0 Å². The first-order valence-corrected chi connectivity index (χ1v) is 5.20. The fraction of sp³-hybridized carbons (Fsp3) is 0.417. The Labute approximate surface area is 89.1 Å². The zero-order chi connectivity index (χ0) is 10.9. The monoisotopic (exact) mass is 205 g/mol. The van der Waals surface area contributed by atoms with Crippen LogP contribution in [0.4, 0.5) is 0 Å². The Bertz CT molecular complexity index is 357. The summed E-state index contributed by atoms with van der Waals surface area (Å²) in [5.41, 5.74) is 1.11. The van der Waals surface area contributed by atoms with E-state index in [9.17, 15) is 4.79 Å². The van der Waals surface area contributed by atoms with Gasteiger partial charge < -0.3 is 5.11 Å². The van der Waals surface area contributed by atoms with Gasteiger partial charge in [0.1, 0.15) is 6.04 Å². The standard InChI is InChI=1S/C12H15NO2/c1-9(11(14)15)13-12(7-8-12)10-5-3-2-4-6-10/h2-6,9,13H,7-8H2,1H3,(H,14,15)/t9-/m1/s1. The highest BCUT2D eigenvalue weighted by Crippen LogP contribution is 2.45. The molecular formula is C12H15NO2. The van der Waals surface area contributed by atoms with Crippen LogP contribution in [0.2, 0.25) is 0 Å². The predicted molar refractivity (Wildman–Crippen MR) is 57.6 cm³/mol. The first-order chi connectivity index (χ1) is 7.14. The summed E-state index contributed by atoms with van der Waals surface area (Å²) in [5.74, 6) is -0.794. The van der Waals surface area contributed by atoms with Gasteiger partial charge in [0, 0.05) is 5.54 Å². The van der Waals surface area contributed by atoms with Crippen molar-refractivity contribution in [3.63, 3.8) is 0 Å². The number of carboxylic acid groups (broad SMARTS) is 1. The maximum absolute atomic E-state index is 10.8. The third-order valence-corrected chi connectivity index (χ3v) is 2.94. The summed E-state index contributed by atoms with van der Waals surface area (Å²) >= 11 is 0. The number of carboxylic acids is 1. The Morgan fingerprint density at radius 3 is 2.47 bits per heavy atom. The van der Waals surface area contributed by atoms with Gasteiger partial charge in [-0.25, -0.2) is 0 Å². The molecule has 3 nitrogen and oxygen atoms in total. The van der Waals surface area contributed by atoms with Gasteiger partial charge in [-0.3, -0.25) is 10.1 Å². The number of benzene rings is 1. The minimum Gasteiger partial charge on any atom is -0.480 e. The molecule has 3 heteroatoms. The van der Waals surface area contributed by atoms with E-state index in [0.29, 0.717) is 0 Å². The molecule has 15 heavy (non-hydrogen) atoms. The summed E-state index contributed by atoms with van der Waals surface area (Å²) in [7, 11) is 0. The molecule has 2 N–H and O–H groups in total. The normalized spacial score (nSPS) is 19.5. The van der Waals surface area contributed by atoms with Crippen LogP contribution in [0.3, 0.4) is 0 Å². The summed E-state index contributed by atoms with van der Waals surface area (Å²) in [6.45, 7) is 1.69. The molecule has 1 aromatic rings. The number of nitrogens with one attached hydrogen (secondary N) is 1. The Hall–Kier alpha value is -1.35. The molecule has 0 unspecified atom stereocenters. The number of carbonyl (C=O) groups is 1. The lowest BCUT2D eigenvalue weighted by atomic mass is 10.0. The van der Waals surface area contributed by atoms with Crippen molar-refractivity contribution in [3.05, 3.63) is 35.9 Å². The molecule has 2 rings (SSSR count). The Morgan fingerprint density at radius 1 is 1.40 bits per heavy atom. The SMILES string of the molecule is C[C@@H](NC1(c2ccccc2)CC1)C(=O)O. The van der Waals surface area contributed by atoms with E-state index < -0.39 is 12.0 Å². The highest BCUT2D eigenvalue weighted by Gasteiger charge is 2.45. The zero-order valence-electron chi connectivity index (χ0n) is 8.73. The number of rotatable bonds is 4. The van der Waals surface area contributed by atoms with Gasteiger partial charge >= 0.3 is 5.97 Å². The molecule has 80 valence electrons. The topological polar surface area (TPSA) is 49.3 Å². The van der Waals surface area contributed by atoms with Crippen molar-refractivity contribution < 1.29 is 9.90 Å². The fourth-order valence-corrected chi connectivity index (χ4v) is 1.87. The largest absolute Gasteiger partial charge is 0.480 e. The van der Waals surface area contributed by atoms with Crippen LogP contribution in [-0.2, 0) is 10.3 Å². The van der Waals surface area contributed by atoms with Gasteiger partial charge in [-0.05, 0) is 25.3 Å². The molecule has 1 atom stereocenters. The third kappa shape index (κ3) is 2.02. The van der Waals surface area contributed by atoms with E-state index in [-0.39, 0.29) is 5.54 Å². The molecule has 0 saturated heterocycles. The highest BCUT2D eigenvalue weighted by molar-refractivity contribution is 5.73. The molecule has 1 aliphatic carbocycles. The summed E-state index contributed by atoms with van der Waals surface area (Å²) < 4.78 is 0. The number of aliphatic carboxylic acids is 1. The summed E-state index contributed by atoms with van der Waals surface area (Å²) in [5, 5.41) is 12.0. The quantitative estimate of drug-likeness (QED) is 0.787. The van der Waals surface area contributed by atoms with Crippen molar-refractivity contribution in [1.82, 2.24) is 5.32 Å². The lowest BCUT2D eigenvalue weighted by Crippen LogP contribution is -2.41. The fourth-order valence-electron chi connectivity index (χ4n) is 1.87. The van der Waals surface area contributed by atoms with Gasteiger partial charge in [0.25, 0.3) is 0 Å². The van der Waals surface area contributed by atoms with Gasteiger partial charge in [0.05, 0.1) is 0 Å². The molecular weight excluding hydrogens is 190 g/mol. The molecule has 0 aliphatic heterocycles. The first-order valence-electron chi connectivity index (χ1n) is 5.20. The molecule has 0 spiro atoms. The van der Waals surface area contributed by atoms with Crippen LogP contribution >= 0.6 is 0 Å². The lowest BCUT2D eigenvalue weighted by molar-refractivity contribution is -0.139. The zero-order valence-corrected chi connectivity index (χ0v) is 8.73. The summed E-state index contributed by atoms with van der Waals surface area (Å²) in [4.78, 5) is 10.8. The predicted octanol–water partition coefficient (Wildman–Crippen LogP) is 1.74. The van der Waals surface area contributed by atoms with Crippen molar-refractivity contribution in [2.24, 2.45) is 0 Å². The van der Waals surface area contributed by atoms with Crippen LogP contribution in [0.15, 0.2) is 30.3 Å². The van der Waals surface area contributed by atoms with Gasteiger partial charge in [-0.15, -0.1) is 0 Å². The van der Waals surface area contributed by atoms with E-state index in [0.717, 1.165) is 12.8 Å². The number of hydrogen-bond acceptors (Lipinski definition) is 2. The van der Waals surface area contributed by atoms with Crippen molar-refractivity contribution in [2.75, 3.05) is 0 Å². The van der Waals surface area contributed by atoms with Crippen molar-refractivity contribution in [1.29, 1.82) is 0 Å². The van der Waals surface area contributed by atoms with E-state index in [1.807, 2.05) is 18.2 Å². The van der Waals surface area contributed by atoms with Gasteiger partial charge in [-0.1, -0.05) is 30.3 Å². The smallest absolute Gasteiger partial charge is 0.320 e. The summed E-state index contributed by atoms with van der Waals surface area (Å²) in [6.07, 6.45) is 2.04. The van der Waals surface area contributed by atoms with Crippen LogP contribution < -0.4 is 5.32 Å². The minimum absolute atomic E-state index is 0.0843. The van der Waals surface area contributed by atoms with Gasteiger partial charge in [0.2, 0.25) is 0 Å². The van der Waals surface area contributed by atoms with Crippen LogP contribution in [-0.4, -0.2) is 17.1 Å². The average molecular weight is 205 g/mol. The van der Waals surface area contributed by atoms with Crippen LogP contribution in [0.25, 0.3) is 0 Å². The van der Waals surface area contributed by atoms with E-state index in [1.54, 1.807) is 6.92 Å². The molecule has 0 radical (unpaired) electrons. The maximum Gasteiger partial charge on any atom is 0.320 e. The van der Waals surface area contributed by atoms with E-state index >= 15 is 0 Å². The second-order valence-electron chi connectivity index (χ2n) is 4.15. The summed E-state index contributed by atoms with van der Waals surface area (Å²) in [6, 6.07) is 9.56. The third-order valence-electron chi connectivity index (χ3n) is 2.94. The van der Waals surface area contributed by atoms with Crippen molar-refractivity contribution in [3.8, 4) is 0 Å². The second kappa shape index (κ2) is 3.66. The second-order valence-corrected chi connectivity index (χ2v) is 4.15. The lowest BCUT2D eigenvalue weighted by Gasteiger charge is -2.20. The van der Waals surface area contributed by atoms with Crippen LogP contribution in [0.5, 0.6) is 0 Å². The molecule has 1 aliphatic rings. The minimum atomic E-state index is -0.794. The van der Waals surface area contributed by atoms with Crippen molar-refractivity contribution in [2.45, 2.75) is 31.3 Å². The molecule has 0 amide bonds.